The average molecular weight is 330 g/mol. The summed E-state index contributed by atoms with van der Waals surface area (Å²) in [5.41, 5.74) is 1.45. The maximum absolute atomic E-state index is 4.97. The molecular formula is C8H14Br2N2O2. The Balaban J connectivity index is 3.89. The Labute approximate surface area is 101 Å². The van der Waals surface area contributed by atoms with Gasteiger partial charge in [0, 0.05) is 10.7 Å². The van der Waals surface area contributed by atoms with Gasteiger partial charge in [-0.2, -0.15) is 0 Å². The van der Waals surface area contributed by atoms with E-state index in [0.29, 0.717) is 13.2 Å². The summed E-state index contributed by atoms with van der Waals surface area (Å²) in [4.78, 5) is 9.93. The van der Waals surface area contributed by atoms with E-state index in [1.807, 2.05) is 13.8 Å². The van der Waals surface area contributed by atoms with Crippen LogP contribution in [0.1, 0.15) is 13.8 Å². The second-order valence-corrected chi connectivity index (χ2v) is 3.98. The molecule has 0 unspecified atom stereocenters. The molecule has 82 valence electrons. The molecule has 0 amide bonds. The molecule has 0 atom stereocenters. The van der Waals surface area contributed by atoms with Crippen LogP contribution in [0.15, 0.2) is 10.3 Å². The van der Waals surface area contributed by atoms with Gasteiger partial charge in [0.05, 0.1) is 0 Å². The molecule has 0 bridgehead atoms. The molecule has 0 spiro atoms. The van der Waals surface area contributed by atoms with Gasteiger partial charge < -0.3 is 9.68 Å². The summed E-state index contributed by atoms with van der Waals surface area (Å²) in [6.07, 6.45) is 0. The molecule has 0 radical (unpaired) electrons. The van der Waals surface area contributed by atoms with Crippen LogP contribution in [-0.2, 0) is 9.68 Å². The van der Waals surface area contributed by atoms with Crippen molar-refractivity contribution in [2.75, 3.05) is 23.9 Å². The van der Waals surface area contributed by atoms with Gasteiger partial charge in [0.2, 0.25) is 0 Å². The normalized spacial score (nSPS) is 12.9. The second-order valence-electron chi connectivity index (χ2n) is 2.40. The molecule has 4 nitrogen and oxygen atoms in total. The molecule has 0 aliphatic heterocycles. The number of oxime groups is 2. The summed E-state index contributed by atoms with van der Waals surface area (Å²) in [6, 6.07) is 0. The van der Waals surface area contributed by atoms with E-state index in [1.54, 1.807) is 0 Å². The molecule has 0 saturated heterocycles. The smallest absolute Gasteiger partial charge is 0.126 e. The van der Waals surface area contributed by atoms with Gasteiger partial charge in [0.25, 0.3) is 0 Å². The van der Waals surface area contributed by atoms with E-state index >= 15 is 0 Å². The molecule has 14 heavy (non-hydrogen) atoms. The quantitative estimate of drug-likeness (QED) is 0.312. The van der Waals surface area contributed by atoms with Crippen molar-refractivity contribution < 1.29 is 9.68 Å². The third-order valence-corrected chi connectivity index (χ3v) is 1.91. The average Bonchev–Trinajstić information content (AvgIpc) is 2.18. The van der Waals surface area contributed by atoms with E-state index in [9.17, 15) is 0 Å². The largest absolute Gasteiger partial charge is 0.395 e. The summed E-state index contributed by atoms with van der Waals surface area (Å²) >= 11 is 6.47. The number of halogens is 2. The Morgan fingerprint density at radius 3 is 1.57 bits per heavy atom. The fourth-order valence-electron chi connectivity index (χ4n) is 0.486. The highest BCUT2D eigenvalue weighted by Gasteiger charge is 1.97. The molecule has 6 heteroatoms. The Morgan fingerprint density at radius 2 is 1.29 bits per heavy atom. The minimum absolute atomic E-state index is 0.548. The minimum atomic E-state index is 0.548. The van der Waals surface area contributed by atoms with Gasteiger partial charge in [0.15, 0.2) is 0 Å². The van der Waals surface area contributed by atoms with E-state index in [-0.39, 0.29) is 0 Å². The lowest BCUT2D eigenvalue weighted by Gasteiger charge is -2.00. The Morgan fingerprint density at radius 1 is 0.929 bits per heavy atom. The van der Waals surface area contributed by atoms with Crippen molar-refractivity contribution in [1.82, 2.24) is 0 Å². The van der Waals surface area contributed by atoms with Gasteiger partial charge in [0.1, 0.15) is 24.6 Å². The number of rotatable bonds is 7. The maximum Gasteiger partial charge on any atom is 0.126 e. The first-order chi connectivity index (χ1) is 6.72. The van der Waals surface area contributed by atoms with E-state index in [2.05, 4.69) is 42.2 Å². The van der Waals surface area contributed by atoms with Crippen LogP contribution in [0, 0.1) is 0 Å². The van der Waals surface area contributed by atoms with Crippen LogP contribution in [0.25, 0.3) is 0 Å². The minimum Gasteiger partial charge on any atom is -0.395 e. The zero-order valence-electron chi connectivity index (χ0n) is 8.30. The van der Waals surface area contributed by atoms with Crippen molar-refractivity contribution in [2.45, 2.75) is 13.8 Å². The fourth-order valence-corrected chi connectivity index (χ4v) is 0.776. The molecule has 0 fully saturated rings. The zero-order valence-corrected chi connectivity index (χ0v) is 11.5. The summed E-state index contributed by atoms with van der Waals surface area (Å²) in [6.45, 7) is 4.74. The van der Waals surface area contributed by atoms with Crippen molar-refractivity contribution in [1.29, 1.82) is 0 Å². The highest BCUT2D eigenvalue weighted by Crippen LogP contribution is 1.90. The van der Waals surface area contributed by atoms with Crippen molar-refractivity contribution in [2.24, 2.45) is 10.3 Å². The van der Waals surface area contributed by atoms with Crippen LogP contribution in [0.4, 0.5) is 0 Å². The van der Waals surface area contributed by atoms with Crippen LogP contribution in [-0.4, -0.2) is 35.3 Å². The molecule has 0 aliphatic carbocycles. The first-order valence-electron chi connectivity index (χ1n) is 4.17. The van der Waals surface area contributed by atoms with Crippen molar-refractivity contribution in [3.8, 4) is 0 Å². The highest BCUT2D eigenvalue weighted by molar-refractivity contribution is 9.09. The van der Waals surface area contributed by atoms with Crippen LogP contribution in [0.3, 0.4) is 0 Å². The lowest BCUT2D eigenvalue weighted by Crippen LogP contribution is -2.08. The zero-order chi connectivity index (χ0) is 10.8. The first kappa shape index (κ1) is 13.9. The maximum atomic E-state index is 4.97. The summed E-state index contributed by atoms with van der Waals surface area (Å²) in [5, 5.41) is 9.24. The van der Waals surface area contributed by atoms with Gasteiger partial charge in [-0.05, 0) is 13.8 Å². The lowest BCUT2D eigenvalue weighted by atomic mass is 10.3. The molecule has 0 N–H and O–H groups in total. The van der Waals surface area contributed by atoms with Crippen LogP contribution >= 0.6 is 31.9 Å². The molecule has 0 aromatic heterocycles. The Kier molecular flexibility index (Phi) is 9.39. The van der Waals surface area contributed by atoms with E-state index < -0.39 is 0 Å². The third-order valence-electron chi connectivity index (χ3n) is 1.26. The van der Waals surface area contributed by atoms with Crippen molar-refractivity contribution in [3.63, 3.8) is 0 Å². The summed E-state index contributed by atoms with van der Waals surface area (Å²) in [7, 11) is 0. The molecule has 0 rings (SSSR count). The third kappa shape index (κ3) is 7.32. The predicted molar refractivity (Wildman–Crippen MR) is 65.7 cm³/mol. The topological polar surface area (TPSA) is 43.2 Å². The summed E-state index contributed by atoms with van der Waals surface area (Å²) < 4.78 is 0. The van der Waals surface area contributed by atoms with Gasteiger partial charge in [-0.15, -0.1) is 0 Å². The SMILES string of the molecule is CC(=N\OCCBr)/C(C)=N/OCCBr. The van der Waals surface area contributed by atoms with Crippen molar-refractivity contribution >= 4 is 43.3 Å². The van der Waals surface area contributed by atoms with E-state index in [4.69, 9.17) is 9.68 Å². The predicted octanol–water partition coefficient (Wildman–Crippen LogP) is 2.56. The van der Waals surface area contributed by atoms with Gasteiger partial charge in [-0.3, -0.25) is 0 Å². The number of alkyl halides is 2. The van der Waals surface area contributed by atoms with Gasteiger partial charge >= 0.3 is 0 Å². The fraction of sp³-hybridized carbons (Fsp3) is 0.750. The number of hydrogen-bond donors (Lipinski definition) is 0. The molecule has 0 saturated carbocycles. The molecule has 0 aromatic rings. The number of hydrogen-bond acceptors (Lipinski definition) is 4. The first-order valence-corrected chi connectivity index (χ1v) is 6.42. The van der Waals surface area contributed by atoms with Gasteiger partial charge in [-0.25, -0.2) is 0 Å². The molecular weight excluding hydrogens is 316 g/mol. The standard InChI is InChI=1S/C8H14Br2N2O2/c1-7(11-13-5-3-9)8(2)12-14-6-4-10/h3-6H2,1-2H3/b11-7+,12-8+. The highest BCUT2D eigenvalue weighted by atomic mass is 79.9. The Hall–Kier alpha value is -0.100. The lowest BCUT2D eigenvalue weighted by molar-refractivity contribution is 0.158. The monoisotopic (exact) mass is 328 g/mol. The van der Waals surface area contributed by atoms with Gasteiger partial charge in [-0.1, -0.05) is 42.2 Å². The second kappa shape index (κ2) is 9.45. The van der Waals surface area contributed by atoms with Crippen LogP contribution in [0.2, 0.25) is 0 Å². The van der Waals surface area contributed by atoms with Crippen LogP contribution < -0.4 is 0 Å². The summed E-state index contributed by atoms with van der Waals surface area (Å²) in [5.74, 6) is 0. The number of nitrogens with zero attached hydrogens (tertiary/aromatic N) is 2. The molecule has 0 heterocycles. The van der Waals surface area contributed by atoms with E-state index in [0.717, 1.165) is 22.1 Å². The molecule has 0 aromatic carbocycles. The molecule has 0 aliphatic rings. The Bertz CT molecular complexity index is 186. The van der Waals surface area contributed by atoms with E-state index in [1.165, 1.54) is 0 Å². The van der Waals surface area contributed by atoms with Crippen molar-refractivity contribution in [3.05, 3.63) is 0 Å². The van der Waals surface area contributed by atoms with Crippen LogP contribution in [0.5, 0.6) is 0 Å².